The number of aryl methyl sites for hydroxylation is 1. The van der Waals surface area contributed by atoms with E-state index in [2.05, 4.69) is 15.6 Å². The number of carbonyl (C=O) groups is 2. The zero-order valence-corrected chi connectivity index (χ0v) is 16.6. The summed E-state index contributed by atoms with van der Waals surface area (Å²) in [5.41, 5.74) is 3.56. The molecule has 0 fully saturated rings. The summed E-state index contributed by atoms with van der Waals surface area (Å²) >= 11 is 1.30. The smallest absolute Gasteiger partial charge is 0.257 e. The summed E-state index contributed by atoms with van der Waals surface area (Å²) in [4.78, 5) is 27.9. The van der Waals surface area contributed by atoms with Crippen molar-refractivity contribution >= 4 is 28.3 Å². The molecule has 0 saturated heterocycles. The second-order valence-corrected chi connectivity index (χ2v) is 7.41. The number of anilines is 1. The SMILES string of the molecule is CC(=O)N[C@H](C)c1ccc(-c2csc(NC(=O)c3cc(C)cc(F)c3)n2)cc1. The van der Waals surface area contributed by atoms with Gasteiger partial charge in [0, 0.05) is 23.4 Å². The van der Waals surface area contributed by atoms with Gasteiger partial charge in [-0.1, -0.05) is 24.3 Å². The minimum atomic E-state index is -0.446. The van der Waals surface area contributed by atoms with Crippen LogP contribution in [0, 0.1) is 12.7 Å². The first-order valence-corrected chi connectivity index (χ1v) is 9.61. The lowest BCUT2D eigenvalue weighted by Gasteiger charge is -2.13. The molecule has 28 heavy (non-hydrogen) atoms. The van der Waals surface area contributed by atoms with Gasteiger partial charge in [0.05, 0.1) is 11.7 Å². The van der Waals surface area contributed by atoms with Crippen molar-refractivity contribution in [1.82, 2.24) is 10.3 Å². The lowest BCUT2D eigenvalue weighted by atomic mass is 10.1. The Hall–Kier alpha value is -3.06. The quantitative estimate of drug-likeness (QED) is 0.655. The number of benzene rings is 2. The Morgan fingerprint density at radius 3 is 2.50 bits per heavy atom. The zero-order chi connectivity index (χ0) is 20.3. The molecule has 1 atom stereocenters. The van der Waals surface area contributed by atoms with E-state index in [1.807, 2.05) is 36.6 Å². The monoisotopic (exact) mass is 397 g/mol. The van der Waals surface area contributed by atoms with Crippen LogP contribution in [0.5, 0.6) is 0 Å². The van der Waals surface area contributed by atoms with Crippen molar-refractivity contribution in [3.63, 3.8) is 0 Å². The number of hydrogen-bond donors (Lipinski definition) is 2. The Balaban J connectivity index is 1.71. The Labute approximate surface area is 166 Å². The van der Waals surface area contributed by atoms with E-state index in [-0.39, 0.29) is 17.5 Å². The fraction of sp³-hybridized carbons (Fsp3) is 0.190. The minimum Gasteiger partial charge on any atom is -0.350 e. The van der Waals surface area contributed by atoms with Crippen LogP contribution in [-0.2, 0) is 4.79 Å². The number of nitrogens with one attached hydrogen (secondary N) is 2. The highest BCUT2D eigenvalue weighted by Crippen LogP contribution is 2.26. The van der Waals surface area contributed by atoms with E-state index in [0.29, 0.717) is 10.7 Å². The Bertz CT molecular complexity index is 994. The predicted octanol–water partition coefficient (Wildman–Crippen LogP) is 4.71. The van der Waals surface area contributed by atoms with Gasteiger partial charge in [-0.15, -0.1) is 11.3 Å². The molecule has 0 aliphatic rings. The number of aromatic nitrogens is 1. The maximum absolute atomic E-state index is 13.5. The summed E-state index contributed by atoms with van der Waals surface area (Å²) in [7, 11) is 0. The molecule has 0 saturated carbocycles. The molecule has 1 heterocycles. The summed E-state index contributed by atoms with van der Waals surface area (Å²) in [6.45, 7) is 5.14. The molecule has 1 aromatic heterocycles. The van der Waals surface area contributed by atoms with Gasteiger partial charge < -0.3 is 5.32 Å². The molecule has 144 valence electrons. The number of nitrogens with zero attached hydrogens (tertiary/aromatic N) is 1. The number of carbonyl (C=O) groups excluding carboxylic acids is 2. The molecule has 5 nitrogen and oxygen atoms in total. The molecule has 3 aromatic rings. The van der Waals surface area contributed by atoms with Gasteiger partial charge in [0.2, 0.25) is 5.91 Å². The first kappa shape index (κ1) is 19.7. The van der Waals surface area contributed by atoms with Crippen LogP contribution in [0.4, 0.5) is 9.52 Å². The van der Waals surface area contributed by atoms with Crippen molar-refractivity contribution < 1.29 is 14.0 Å². The highest BCUT2D eigenvalue weighted by atomic mass is 32.1. The molecule has 2 amide bonds. The van der Waals surface area contributed by atoms with Gasteiger partial charge in [-0.2, -0.15) is 0 Å². The molecule has 2 aromatic carbocycles. The highest BCUT2D eigenvalue weighted by molar-refractivity contribution is 7.14. The zero-order valence-electron chi connectivity index (χ0n) is 15.7. The van der Waals surface area contributed by atoms with Crippen LogP contribution in [0.25, 0.3) is 11.3 Å². The van der Waals surface area contributed by atoms with E-state index in [1.165, 1.54) is 30.4 Å². The molecule has 3 rings (SSSR count). The number of amides is 2. The van der Waals surface area contributed by atoms with Gasteiger partial charge >= 0.3 is 0 Å². The molecular weight excluding hydrogens is 377 g/mol. The molecule has 0 unspecified atom stereocenters. The van der Waals surface area contributed by atoms with Gasteiger partial charge in [0.1, 0.15) is 5.82 Å². The lowest BCUT2D eigenvalue weighted by Crippen LogP contribution is -2.23. The van der Waals surface area contributed by atoms with Crippen molar-refractivity contribution in [2.75, 3.05) is 5.32 Å². The average molecular weight is 397 g/mol. The number of rotatable bonds is 5. The maximum atomic E-state index is 13.5. The van der Waals surface area contributed by atoms with Crippen LogP contribution >= 0.6 is 11.3 Å². The predicted molar refractivity (Wildman–Crippen MR) is 109 cm³/mol. The third kappa shape index (κ3) is 4.80. The van der Waals surface area contributed by atoms with Crippen LogP contribution in [0.2, 0.25) is 0 Å². The van der Waals surface area contributed by atoms with E-state index in [9.17, 15) is 14.0 Å². The van der Waals surface area contributed by atoms with Crippen molar-refractivity contribution in [3.8, 4) is 11.3 Å². The van der Waals surface area contributed by atoms with Crippen molar-refractivity contribution in [3.05, 3.63) is 70.4 Å². The third-order valence-corrected chi connectivity index (χ3v) is 4.91. The minimum absolute atomic E-state index is 0.0773. The van der Waals surface area contributed by atoms with E-state index < -0.39 is 11.7 Å². The van der Waals surface area contributed by atoms with Crippen molar-refractivity contribution in [1.29, 1.82) is 0 Å². The van der Waals surface area contributed by atoms with Crippen LogP contribution in [0.15, 0.2) is 47.8 Å². The Morgan fingerprint density at radius 1 is 1.14 bits per heavy atom. The van der Waals surface area contributed by atoms with Crippen molar-refractivity contribution in [2.45, 2.75) is 26.8 Å². The summed E-state index contributed by atoms with van der Waals surface area (Å²) in [6, 6.07) is 11.8. The van der Waals surface area contributed by atoms with Crippen LogP contribution in [0.1, 0.15) is 41.4 Å². The molecule has 0 radical (unpaired) electrons. The molecule has 0 spiro atoms. The van der Waals surface area contributed by atoms with Gasteiger partial charge in [-0.05, 0) is 43.2 Å². The number of hydrogen-bond acceptors (Lipinski definition) is 4. The van der Waals surface area contributed by atoms with E-state index in [1.54, 1.807) is 13.0 Å². The first-order valence-electron chi connectivity index (χ1n) is 8.73. The van der Waals surface area contributed by atoms with Gasteiger partial charge in [-0.25, -0.2) is 9.37 Å². The molecule has 2 N–H and O–H groups in total. The van der Waals surface area contributed by atoms with Crippen LogP contribution in [0.3, 0.4) is 0 Å². The molecule has 0 bridgehead atoms. The van der Waals surface area contributed by atoms with E-state index in [0.717, 1.165) is 16.8 Å². The van der Waals surface area contributed by atoms with Gasteiger partial charge in [-0.3, -0.25) is 14.9 Å². The summed E-state index contributed by atoms with van der Waals surface area (Å²) in [5, 5.41) is 7.84. The molecule has 0 aliphatic heterocycles. The van der Waals surface area contributed by atoms with Crippen LogP contribution in [-0.4, -0.2) is 16.8 Å². The Morgan fingerprint density at radius 2 is 1.86 bits per heavy atom. The maximum Gasteiger partial charge on any atom is 0.257 e. The summed E-state index contributed by atoms with van der Waals surface area (Å²) < 4.78 is 13.5. The molecular formula is C21H20FN3O2S. The van der Waals surface area contributed by atoms with Crippen LogP contribution < -0.4 is 10.6 Å². The fourth-order valence-electron chi connectivity index (χ4n) is 2.83. The largest absolute Gasteiger partial charge is 0.350 e. The van der Waals surface area contributed by atoms with Crippen molar-refractivity contribution in [2.24, 2.45) is 0 Å². The first-order chi connectivity index (χ1) is 13.3. The lowest BCUT2D eigenvalue weighted by molar-refractivity contribution is -0.119. The average Bonchev–Trinajstić information content (AvgIpc) is 3.09. The number of halogens is 1. The van der Waals surface area contributed by atoms with E-state index >= 15 is 0 Å². The highest BCUT2D eigenvalue weighted by Gasteiger charge is 2.12. The number of thiazole rings is 1. The Kier molecular flexibility index (Phi) is 5.84. The normalized spacial score (nSPS) is 11.7. The second-order valence-electron chi connectivity index (χ2n) is 6.55. The van der Waals surface area contributed by atoms with Gasteiger partial charge in [0.25, 0.3) is 5.91 Å². The molecule has 7 heteroatoms. The van der Waals surface area contributed by atoms with Gasteiger partial charge in [0.15, 0.2) is 5.13 Å². The molecule has 0 aliphatic carbocycles. The standard InChI is InChI=1S/C21H20FN3O2S/c1-12-8-17(10-18(22)9-12)20(27)25-21-24-19(11-28-21)16-6-4-15(5-7-16)13(2)23-14(3)26/h4-11,13H,1-3H3,(H,23,26)(H,24,25,27)/t13-/m1/s1. The topological polar surface area (TPSA) is 71.1 Å². The summed E-state index contributed by atoms with van der Waals surface area (Å²) in [5.74, 6) is -0.925. The fourth-order valence-corrected chi connectivity index (χ4v) is 3.55. The summed E-state index contributed by atoms with van der Waals surface area (Å²) in [6.07, 6.45) is 0. The second kappa shape index (κ2) is 8.31. The third-order valence-electron chi connectivity index (χ3n) is 4.16. The van der Waals surface area contributed by atoms with E-state index in [4.69, 9.17) is 0 Å².